The predicted molar refractivity (Wildman–Crippen MR) is 107 cm³/mol. The number of fused-ring (bicyclic) bond motifs is 2. The standard InChI is InChI=1S/C20H22N6O2S/c1-14-2-3-16(11-21-14)17-10-15-4-9-28-20(19(15)29-17)5-7-25(8-6-20)18(27)12-26-13-22-23-24-26/h2-3,10-11,13H,4-9,12H2,1H3. The molecule has 9 heteroatoms. The summed E-state index contributed by atoms with van der Waals surface area (Å²) in [4.78, 5) is 21.5. The van der Waals surface area contributed by atoms with Gasteiger partial charge < -0.3 is 9.64 Å². The number of rotatable bonds is 3. The predicted octanol–water partition coefficient (Wildman–Crippen LogP) is 2.20. The Morgan fingerprint density at radius 1 is 1.31 bits per heavy atom. The normalized spacial score (nSPS) is 18.0. The van der Waals surface area contributed by atoms with Gasteiger partial charge in [0.25, 0.3) is 0 Å². The first-order valence-corrected chi connectivity index (χ1v) is 10.6. The number of pyridine rings is 1. The molecular formula is C20H22N6O2S. The third kappa shape index (κ3) is 3.44. The van der Waals surface area contributed by atoms with Crippen LogP contribution in [0, 0.1) is 6.92 Å². The number of carbonyl (C=O) groups excluding carboxylic acids is 1. The van der Waals surface area contributed by atoms with Crippen molar-refractivity contribution in [2.45, 2.75) is 38.3 Å². The second kappa shape index (κ2) is 7.31. The van der Waals surface area contributed by atoms with Crippen molar-refractivity contribution in [1.29, 1.82) is 0 Å². The molecule has 0 aliphatic carbocycles. The summed E-state index contributed by atoms with van der Waals surface area (Å²) in [5, 5.41) is 10.9. The molecule has 150 valence electrons. The lowest BCUT2D eigenvalue weighted by atomic mass is 9.85. The quantitative estimate of drug-likeness (QED) is 0.658. The summed E-state index contributed by atoms with van der Waals surface area (Å²) < 4.78 is 7.82. The fraction of sp³-hybridized carbons (Fsp3) is 0.450. The van der Waals surface area contributed by atoms with E-state index in [0.29, 0.717) is 13.1 Å². The summed E-state index contributed by atoms with van der Waals surface area (Å²) in [5.74, 6) is 0.0424. The molecule has 1 spiro atoms. The lowest BCUT2D eigenvalue weighted by Crippen LogP contribution is -2.48. The van der Waals surface area contributed by atoms with Gasteiger partial charge >= 0.3 is 0 Å². The molecule has 0 unspecified atom stereocenters. The van der Waals surface area contributed by atoms with Gasteiger partial charge in [0.2, 0.25) is 5.91 Å². The number of aromatic nitrogens is 5. The average molecular weight is 411 g/mol. The minimum atomic E-state index is -0.278. The van der Waals surface area contributed by atoms with E-state index in [1.807, 2.05) is 29.4 Å². The molecule has 1 amide bonds. The van der Waals surface area contributed by atoms with Gasteiger partial charge in [0.15, 0.2) is 0 Å². The number of tetrazole rings is 1. The summed E-state index contributed by atoms with van der Waals surface area (Å²) in [6.07, 6.45) is 5.98. The van der Waals surface area contributed by atoms with E-state index in [1.54, 1.807) is 0 Å². The van der Waals surface area contributed by atoms with E-state index in [9.17, 15) is 4.79 Å². The molecule has 3 aromatic heterocycles. The van der Waals surface area contributed by atoms with E-state index in [4.69, 9.17) is 4.74 Å². The molecule has 2 aliphatic rings. The average Bonchev–Trinajstić information content (AvgIpc) is 3.40. The maximum atomic E-state index is 12.6. The number of likely N-dealkylation sites (tertiary alicyclic amines) is 1. The van der Waals surface area contributed by atoms with Crippen LogP contribution in [0.3, 0.4) is 0 Å². The van der Waals surface area contributed by atoms with Gasteiger partial charge in [-0.05, 0) is 54.3 Å². The number of ether oxygens (including phenoxy) is 1. The smallest absolute Gasteiger partial charge is 0.244 e. The Labute approximate surface area is 172 Å². The Hall–Kier alpha value is -2.65. The maximum absolute atomic E-state index is 12.6. The zero-order valence-corrected chi connectivity index (χ0v) is 17.1. The third-order valence-electron chi connectivity index (χ3n) is 5.78. The van der Waals surface area contributed by atoms with Gasteiger partial charge in [-0.2, -0.15) is 0 Å². The highest BCUT2D eigenvalue weighted by atomic mass is 32.1. The fourth-order valence-corrected chi connectivity index (χ4v) is 5.56. The summed E-state index contributed by atoms with van der Waals surface area (Å²) in [7, 11) is 0. The largest absolute Gasteiger partial charge is 0.369 e. The van der Waals surface area contributed by atoms with E-state index in [0.717, 1.165) is 37.1 Å². The number of amides is 1. The van der Waals surface area contributed by atoms with E-state index >= 15 is 0 Å². The Morgan fingerprint density at radius 2 is 2.17 bits per heavy atom. The molecule has 0 radical (unpaired) electrons. The Bertz CT molecular complexity index is 1010. The highest BCUT2D eigenvalue weighted by molar-refractivity contribution is 7.15. The number of hydrogen-bond donors (Lipinski definition) is 0. The SMILES string of the molecule is Cc1ccc(-c2cc3c(s2)C2(CCN(C(=O)Cn4cnnn4)CC2)OCC3)cn1. The monoisotopic (exact) mass is 410 g/mol. The van der Waals surface area contributed by atoms with Crippen LogP contribution in [-0.2, 0) is 28.1 Å². The number of aryl methyl sites for hydroxylation is 1. The Morgan fingerprint density at radius 3 is 2.90 bits per heavy atom. The zero-order valence-electron chi connectivity index (χ0n) is 16.2. The van der Waals surface area contributed by atoms with Crippen molar-refractivity contribution in [2.75, 3.05) is 19.7 Å². The van der Waals surface area contributed by atoms with Crippen LogP contribution < -0.4 is 0 Å². The molecule has 0 atom stereocenters. The van der Waals surface area contributed by atoms with E-state index in [1.165, 1.54) is 26.3 Å². The molecule has 8 nitrogen and oxygen atoms in total. The molecule has 0 bridgehead atoms. The maximum Gasteiger partial charge on any atom is 0.244 e. The van der Waals surface area contributed by atoms with Crippen LogP contribution in [0.4, 0.5) is 0 Å². The van der Waals surface area contributed by atoms with Crippen LogP contribution in [0.15, 0.2) is 30.7 Å². The first-order valence-electron chi connectivity index (χ1n) is 9.82. The highest BCUT2D eigenvalue weighted by Crippen LogP contribution is 2.47. The van der Waals surface area contributed by atoms with E-state index in [-0.39, 0.29) is 18.1 Å². The summed E-state index contributed by atoms with van der Waals surface area (Å²) in [5.41, 5.74) is 3.28. The second-order valence-electron chi connectivity index (χ2n) is 7.63. The van der Waals surface area contributed by atoms with Gasteiger partial charge in [0.05, 0.1) is 6.61 Å². The number of nitrogens with zero attached hydrogens (tertiary/aromatic N) is 6. The molecule has 0 saturated carbocycles. The number of thiophene rings is 1. The first-order chi connectivity index (χ1) is 14.1. The van der Waals surface area contributed by atoms with Crippen molar-refractivity contribution in [3.05, 3.63) is 46.9 Å². The number of carbonyl (C=O) groups is 1. The fourth-order valence-electron chi connectivity index (χ4n) is 4.16. The van der Waals surface area contributed by atoms with Crippen LogP contribution in [-0.4, -0.2) is 55.7 Å². The van der Waals surface area contributed by atoms with Gasteiger partial charge in [0.1, 0.15) is 18.5 Å². The second-order valence-corrected chi connectivity index (χ2v) is 8.69. The summed E-state index contributed by atoms with van der Waals surface area (Å²) >= 11 is 1.81. The van der Waals surface area contributed by atoms with Crippen LogP contribution in [0.1, 0.15) is 29.0 Å². The molecule has 0 aromatic carbocycles. The molecule has 2 aliphatic heterocycles. The van der Waals surface area contributed by atoms with E-state index < -0.39 is 0 Å². The molecular weight excluding hydrogens is 388 g/mol. The molecule has 5 heterocycles. The first kappa shape index (κ1) is 18.4. The van der Waals surface area contributed by atoms with Gasteiger partial charge in [-0.3, -0.25) is 9.78 Å². The summed E-state index contributed by atoms with van der Waals surface area (Å²) in [6, 6.07) is 6.48. The minimum absolute atomic E-state index is 0.0424. The van der Waals surface area contributed by atoms with Crippen LogP contribution >= 0.6 is 11.3 Å². The van der Waals surface area contributed by atoms with Crippen molar-refractivity contribution >= 4 is 17.2 Å². The molecule has 3 aromatic rings. The molecule has 29 heavy (non-hydrogen) atoms. The van der Waals surface area contributed by atoms with Gasteiger partial charge in [-0.25, -0.2) is 4.68 Å². The van der Waals surface area contributed by atoms with Crippen molar-refractivity contribution in [2.24, 2.45) is 0 Å². The lowest BCUT2D eigenvalue weighted by molar-refractivity contribution is -0.141. The van der Waals surface area contributed by atoms with Gasteiger partial charge in [-0.15, -0.1) is 16.4 Å². The molecule has 1 fully saturated rings. The van der Waals surface area contributed by atoms with Gasteiger partial charge in [-0.1, -0.05) is 6.07 Å². The van der Waals surface area contributed by atoms with Crippen LogP contribution in [0.25, 0.3) is 10.4 Å². The van der Waals surface area contributed by atoms with Crippen LogP contribution in [0.2, 0.25) is 0 Å². The molecule has 0 N–H and O–H groups in total. The molecule has 5 rings (SSSR count). The zero-order chi connectivity index (χ0) is 19.8. The number of hydrogen-bond acceptors (Lipinski definition) is 7. The summed E-state index contributed by atoms with van der Waals surface area (Å²) in [6.45, 7) is 4.27. The Kier molecular flexibility index (Phi) is 4.63. The minimum Gasteiger partial charge on any atom is -0.369 e. The highest BCUT2D eigenvalue weighted by Gasteiger charge is 2.43. The molecule has 1 saturated heterocycles. The van der Waals surface area contributed by atoms with Crippen LogP contribution in [0.5, 0.6) is 0 Å². The topological polar surface area (TPSA) is 86.0 Å². The third-order valence-corrected chi connectivity index (χ3v) is 7.19. The van der Waals surface area contributed by atoms with Crippen molar-refractivity contribution in [3.8, 4) is 10.4 Å². The van der Waals surface area contributed by atoms with Crippen molar-refractivity contribution in [1.82, 2.24) is 30.1 Å². The van der Waals surface area contributed by atoms with Gasteiger partial charge in [0, 0.05) is 40.3 Å². The van der Waals surface area contributed by atoms with Crippen molar-refractivity contribution < 1.29 is 9.53 Å². The van der Waals surface area contributed by atoms with Crippen molar-refractivity contribution in [3.63, 3.8) is 0 Å². The van der Waals surface area contributed by atoms with E-state index in [2.05, 4.69) is 38.7 Å². The number of piperidine rings is 1. The Balaban J connectivity index is 1.34. The lowest BCUT2D eigenvalue weighted by Gasteiger charge is -2.43.